The summed E-state index contributed by atoms with van der Waals surface area (Å²) in [6, 6.07) is 6.06. The standard InChI is InChI=1S/C14H19N3O2S2/c1-12-4-2-5-14-15-13(10-17(12)14)11-20-8-7-16-6-3-9-21(16,18)19/h2,4-5,10H,3,6-9,11H2,1H3. The lowest BCUT2D eigenvalue weighted by Gasteiger charge is -2.13. The van der Waals surface area contributed by atoms with Gasteiger partial charge in [-0.1, -0.05) is 6.07 Å². The Labute approximate surface area is 129 Å². The van der Waals surface area contributed by atoms with Crippen molar-refractivity contribution in [2.45, 2.75) is 19.1 Å². The van der Waals surface area contributed by atoms with E-state index in [4.69, 9.17) is 0 Å². The first kappa shape index (κ1) is 14.9. The molecule has 7 heteroatoms. The van der Waals surface area contributed by atoms with Crippen LogP contribution in [0.15, 0.2) is 24.4 Å². The monoisotopic (exact) mass is 325 g/mol. The fourth-order valence-electron chi connectivity index (χ4n) is 2.55. The molecule has 5 nitrogen and oxygen atoms in total. The molecule has 2 aromatic heterocycles. The minimum atomic E-state index is -2.96. The van der Waals surface area contributed by atoms with Crippen molar-refractivity contribution in [3.8, 4) is 0 Å². The summed E-state index contributed by atoms with van der Waals surface area (Å²) in [5, 5.41) is 0. The number of imidazole rings is 1. The summed E-state index contributed by atoms with van der Waals surface area (Å²) >= 11 is 1.73. The van der Waals surface area contributed by atoms with Crippen molar-refractivity contribution < 1.29 is 8.42 Å². The van der Waals surface area contributed by atoms with Crippen LogP contribution in [0.5, 0.6) is 0 Å². The van der Waals surface area contributed by atoms with Crippen LogP contribution < -0.4 is 0 Å². The van der Waals surface area contributed by atoms with E-state index in [0.717, 1.165) is 29.3 Å². The van der Waals surface area contributed by atoms with Crippen molar-refractivity contribution in [2.24, 2.45) is 0 Å². The zero-order valence-electron chi connectivity index (χ0n) is 12.0. The predicted octanol–water partition coefficient (Wildman–Crippen LogP) is 1.91. The van der Waals surface area contributed by atoms with Gasteiger partial charge in [-0.25, -0.2) is 17.7 Å². The van der Waals surface area contributed by atoms with Gasteiger partial charge < -0.3 is 4.40 Å². The molecule has 21 heavy (non-hydrogen) atoms. The number of fused-ring (bicyclic) bond motifs is 1. The Balaban J connectivity index is 1.54. The maximum atomic E-state index is 11.7. The van der Waals surface area contributed by atoms with Crippen LogP contribution >= 0.6 is 11.8 Å². The van der Waals surface area contributed by atoms with E-state index in [2.05, 4.69) is 28.6 Å². The molecule has 1 saturated heterocycles. The van der Waals surface area contributed by atoms with E-state index in [0.29, 0.717) is 18.8 Å². The third-order valence-electron chi connectivity index (χ3n) is 3.68. The summed E-state index contributed by atoms with van der Waals surface area (Å²) in [7, 11) is -2.96. The van der Waals surface area contributed by atoms with E-state index >= 15 is 0 Å². The normalized spacial score (nSPS) is 18.5. The van der Waals surface area contributed by atoms with Crippen LogP contribution in [0.1, 0.15) is 17.8 Å². The van der Waals surface area contributed by atoms with E-state index in [1.807, 2.05) is 12.1 Å². The molecule has 0 spiro atoms. The van der Waals surface area contributed by atoms with Crippen LogP contribution in [0.3, 0.4) is 0 Å². The van der Waals surface area contributed by atoms with Crippen molar-refractivity contribution in [1.82, 2.24) is 13.7 Å². The van der Waals surface area contributed by atoms with E-state index in [1.165, 1.54) is 5.69 Å². The molecule has 0 N–H and O–H groups in total. The summed E-state index contributed by atoms with van der Waals surface area (Å²) in [6.07, 6.45) is 2.82. The number of hydrogen-bond acceptors (Lipinski definition) is 4. The Morgan fingerprint density at radius 2 is 2.24 bits per heavy atom. The van der Waals surface area contributed by atoms with E-state index in [9.17, 15) is 8.42 Å². The van der Waals surface area contributed by atoms with Crippen molar-refractivity contribution in [3.63, 3.8) is 0 Å². The predicted molar refractivity (Wildman–Crippen MR) is 86.1 cm³/mol. The summed E-state index contributed by atoms with van der Waals surface area (Å²) in [4.78, 5) is 4.58. The van der Waals surface area contributed by atoms with Gasteiger partial charge in [-0.2, -0.15) is 11.8 Å². The molecule has 0 bridgehead atoms. The summed E-state index contributed by atoms with van der Waals surface area (Å²) in [5.74, 6) is 1.93. The SMILES string of the molecule is Cc1cccc2nc(CSCCN3CCCS3(=O)=O)cn12. The molecule has 2 aromatic rings. The molecule has 0 atom stereocenters. The number of sulfonamides is 1. The highest BCUT2D eigenvalue weighted by molar-refractivity contribution is 7.98. The van der Waals surface area contributed by atoms with Crippen LogP contribution in [0, 0.1) is 6.92 Å². The molecule has 0 radical (unpaired) electrons. The average molecular weight is 325 g/mol. The second kappa shape index (κ2) is 5.98. The molecule has 0 aromatic carbocycles. The number of thioether (sulfide) groups is 1. The van der Waals surface area contributed by atoms with E-state index in [1.54, 1.807) is 16.1 Å². The highest BCUT2D eigenvalue weighted by Crippen LogP contribution is 2.17. The number of hydrogen-bond donors (Lipinski definition) is 0. The molecular weight excluding hydrogens is 306 g/mol. The van der Waals surface area contributed by atoms with Gasteiger partial charge in [0, 0.05) is 36.5 Å². The number of nitrogens with zero attached hydrogens (tertiary/aromatic N) is 3. The molecule has 1 fully saturated rings. The Bertz CT molecular complexity index is 740. The zero-order chi connectivity index (χ0) is 14.9. The van der Waals surface area contributed by atoms with Crippen molar-refractivity contribution in [2.75, 3.05) is 24.6 Å². The highest BCUT2D eigenvalue weighted by Gasteiger charge is 2.27. The molecule has 3 rings (SSSR count). The quantitative estimate of drug-likeness (QED) is 0.788. The fourth-order valence-corrected chi connectivity index (χ4v) is 5.04. The van der Waals surface area contributed by atoms with Crippen LogP contribution in [0.25, 0.3) is 5.65 Å². The Morgan fingerprint density at radius 3 is 2.95 bits per heavy atom. The first-order valence-corrected chi connectivity index (χ1v) is 9.82. The van der Waals surface area contributed by atoms with E-state index in [-0.39, 0.29) is 0 Å². The van der Waals surface area contributed by atoms with Gasteiger partial charge in [-0.05, 0) is 25.5 Å². The maximum absolute atomic E-state index is 11.7. The molecule has 114 valence electrons. The lowest BCUT2D eigenvalue weighted by Crippen LogP contribution is -2.28. The molecular formula is C14H19N3O2S2. The van der Waals surface area contributed by atoms with E-state index < -0.39 is 10.0 Å². The molecule has 0 aliphatic carbocycles. The largest absolute Gasteiger partial charge is 0.304 e. The first-order chi connectivity index (χ1) is 10.1. The summed E-state index contributed by atoms with van der Waals surface area (Å²) in [6.45, 7) is 3.35. The van der Waals surface area contributed by atoms with Crippen molar-refractivity contribution >= 4 is 27.4 Å². The van der Waals surface area contributed by atoms with Crippen LogP contribution in [0.2, 0.25) is 0 Å². The van der Waals surface area contributed by atoms with Crippen molar-refractivity contribution in [3.05, 3.63) is 35.8 Å². The number of aryl methyl sites for hydroxylation is 1. The fraction of sp³-hybridized carbons (Fsp3) is 0.500. The Kier molecular flexibility index (Phi) is 4.24. The Morgan fingerprint density at radius 1 is 1.38 bits per heavy atom. The second-order valence-corrected chi connectivity index (χ2v) is 8.44. The number of aromatic nitrogens is 2. The molecule has 1 aliphatic heterocycles. The molecule has 0 saturated carbocycles. The van der Waals surface area contributed by atoms with Gasteiger partial charge in [0.05, 0.1) is 11.4 Å². The minimum absolute atomic E-state index is 0.309. The van der Waals surface area contributed by atoms with Gasteiger partial charge in [-0.3, -0.25) is 0 Å². The minimum Gasteiger partial charge on any atom is -0.304 e. The van der Waals surface area contributed by atoms with Gasteiger partial charge in [0.25, 0.3) is 0 Å². The molecule has 0 amide bonds. The van der Waals surface area contributed by atoms with Gasteiger partial charge in [-0.15, -0.1) is 0 Å². The topological polar surface area (TPSA) is 54.7 Å². The van der Waals surface area contributed by atoms with Gasteiger partial charge in [0.2, 0.25) is 10.0 Å². The number of rotatable bonds is 5. The lowest BCUT2D eigenvalue weighted by atomic mass is 10.4. The third kappa shape index (κ3) is 3.25. The van der Waals surface area contributed by atoms with Crippen LogP contribution in [-0.2, 0) is 15.8 Å². The maximum Gasteiger partial charge on any atom is 0.214 e. The van der Waals surface area contributed by atoms with Crippen LogP contribution in [0.4, 0.5) is 0 Å². The second-order valence-electron chi connectivity index (χ2n) is 5.25. The van der Waals surface area contributed by atoms with Gasteiger partial charge in [0.15, 0.2) is 0 Å². The lowest BCUT2D eigenvalue weighted by molar-refractivity contribution is 0.465. The first-order valence-electron chi connectivity index (χ1n) is 7.05. The van der Waals surface area contributed by atoms with Gasteiger partial charge >= 0.3 is 0 Å². The zero-order valence-corrected chi connectivity index (χ0v) is 13.7. The van der Waals surface area contributed by atoms with Gasteiger partial charge in [0.1, 0.15) is 5.65 Å². The highest BCUT2D eigenvalue weighted by atomic mass is 32.2. The summed E-state index contributed by atoms with van der Waals surface area (Å²) < 4.78 is 27.1. The third-order valence-corrected chi connectivity index (χ3v) is 6.61. The average Bonchev–Trinajstić information content (AvgIpc) is 2.99. The molecule has 3 heterocycles. The smallest absolute Gasteiger partial charge is 0.214 e. The summed E-state index contributed by atoms with van der Waals surface area (Å²) in [5.41, 5.74) is 3.17. The van der Waals surface area contributed by atoms with Crippen molar-refractivity contribution in [1.29, 1.82) is 0 Å². The molecule has 0 unspecified atom stereocenters. The Hall–Kier alpha value is -1.05. The molecule has 1 aliphatic rings. The number of pyridine rings is 1. The van der Waals surface area contributed by atoms with Crippen LogP contribution in [-0.4, -0.2) is 46.7 Å².